The topological polar surface area (TPSA) is 68.2 Å². The smallest absolute Gasteiger partial charge is 0.152 e. The zero-order chi connectivity index (χ0) is 11.8. The lowest BCUT2D eigenvalue weighted by Gasteiger charge is -2.39. The zero-order valence-electron chi connectivity index (χ0n) is 10.4. The lowest BCUT2D eigenvalue weighted by atomic mass is 10.2. The molecule has 0 aromatic carbocycles. The van der Waals surface area contributed by atoms with Crippen LogP contribution in [0.15, 0.2) is 12.3 Å². The van der Waals surface area contributed by atoms with E-state index < -0.39 is 0 Å². The van der Waals surface area contributed by atoms with Crippen LogP contribution in [0.5, 0.6) is 0 Å². The first-order chi connectivity index (χ1) is 7.48. The maximum atomic E-state index is 5.93. The fourth-order valence-corrected chi connectivity index (χ4v) is 1.97. The number of hydrogen-bond acceptors (Lipinski definition) is 4. The molecule has 0 atom stereocenters. The molecule has 0 spiro atoms. The second kappa shape index (κ2) is 4.98. The molecule has 0 radical (unpaired) electrons. The first-order valence-electron chi connectivity index (χ1n) is 5.56. The lowest BCUT2D eigenvalue weighted by molar-refractivity contribution is -0.890. The van der Waals surface area contributed by atoms with Crippen LogP contribution in [0.25, 0.3) is 0 Å². The third-order valence-electron chi connectivity index (χ3n) is 3.17. The maximum absolute atomic E-state index is 5.93. The fraction of sp³-hybridized carbons (Fsp3) is 0.545. The van der Waals surface area contributed by atoms with Crippen LogP contribution in [0, 0.1) is 0 Å². The summed E-state index contributed by atoms with van der Waals surface area (Å²) in [6, 6.07) is 1.77. The summed E-state index contributed by atoms with van der Waals surface area (Å²) < 4.78 is 1.06. The predicted molar refractivity (Wildman–Crippen MR) is 67.1 cm³/mol. The second-order valence-electron chi connectivity index (χ2n) is 5.05. The van der Waals surface area contributed by atoms with E-state index in [0.29, 0.717) is 11.4 Å². The average Bonchev–Trinajstić information content (AvgIpc) is 2.19. The predicted octanol–water partition coefficient (Wildman–Crippen LogP) is -2.85. The van der Waals surface area contributed by atoms with Crippen LogP contribution >= 0.6 is 0 Å². The number of likely N-dealkylation sites (N-methyl/N-ethyl adjacent to an activating group) is 1. The molecule has 17 heavy (non-hydrogen) atoms. The van der Waals surface area contributed by atoms with E-state index >= 15 is 0 Å². The third kappa shape index (κ3) is 3.14. The monoisotopic (exact) mass is 257 g/mol. The lowest BCUT2D eigenvalue weighted by Crippen LogP contribution is -3.00. The Bertz CT molecular complexity index is 383. The first kappa shape index (κ1) is 13.9. The number of hydrogen-bond donors (Lipinski definition) is 2. The highest BCUT2D eigenvalue weighted by atomic mass is 35.5. The molecule has 0 saturated carbocycles. The van der Waals surface area contributed by atoms with Crippen molar-refractivity contribution >= 4 is 17.2 Å². The molecule has 5 nitrogen and oxygen atoms in total. The summed E-state index contributed by atoms with van der Waals surface area (Å²) in [4.78, 5) is 6.55. The number of rotatable bonds is 1. The van der Waals surface area contributed by atoms with Gasteiger partial charge in [-0.3, -0.25) is 0 Å². The molecule has 0 unspecified atom stereocenters. The van der Waals surface area contributed by atoms with E-state index in [0.717, 1.165) is 36.5 Å². The molecule has 0 bridgehead atoms. The van der Waals surface area contributed by atoms with Crippen molar-refractivity contribution in [3.63, 3.8) is 0 Å². The molecule has 1 aromatic heterocycles. The van der Waals surface area contributed by atoms with Gasteiger partial charge in [0.25, 0.3) is 0 Å². The zero-order valence-corrected chi connectivity index (χ0v) is 11.1. The van der Waals surface area contributed by atoms with Gasteiger partial charge in [-0.05, 0) is 6.07 Å². The normalized spacial score (nSPS) is 18.6. The molecule has 1 aliphatic rings. The molecule has 1 aromatic rings. The van der Waals surface area contributed by atoms with Gasteiger partial charge in [-0.1, -0.05) is 0 Å². The highest BCUT2D eigenvalue weighted by molar-refractivity contribution is 5.66. The van der Waals surface area contributed by atoms with Crippen molar-refractivity contribution < 1.29 is 16.9 Å². The van der Waals surface area contributed by atoms with Crippen molar-refractivity contribution in [2.24, 2.45) is 0 Å². The van der Waals surface area contributed by atoms with Crippen LogP contribution in [-0.2, 0) is 0 Å². The highest BCUT2D eigenvalue weighted by Crippen LogP contribution is 2.23. The SMILES string of the molecule is C[N+]1(C)CCN(c2ncc(N)cc2N)CC1.[Cl-]. The van der Waals surface area contributed by atoms with E-state index in [9.17, 15) is 0 Å². The standard InChI is InChI=1S/C11H20N5.ClH/c1-16(2)5-3-15(4-6-16)11-10(13)7-9(12)8-14-11;/h7-8H,3-6,12-13H2,1-2H3;1H/q+1;/p-1. The van der Waals surface area contributed by atoms with E-state index in [1.165, 1.54) is 0 Å². The molecule has 96 valence electrons. The van der Waals surface area contributed by atoms with E-state index in [1.807, 2.05) is 0 Å². The molecule has 1 aliphatic heterocycles. The summed E-state index contributed by atoms with van der Waals surface area (Å²) >= 11 is 0. The van der Waals surface area contributed by atoms with Crippen molar-refractivity contribution in [3.8, 4) is 0 Å². The van der Waals surface area contributed by atoms with Crippen LogP contribution in [0.2, 0.25) is 0 Å². The number of nitrogens with two attached hydrogens (primary N) is 2. The molecular weight excluding hydrogens is 238 g/mol. The third-order valence-corrected chi connectivity index (χ3v) is 3.17. The Morgan fingerprint density at radius 1 is 1.24 bits per heavy atom. The minimum atomic E-state index is 0. The second-order valence-corrected chi connectivity index (χ2v) is 5.05. The maximum Gasteiger partial charge on any atom is 0.152 e. The molecule has 1 saturated heterocycles. The Morgan fingerprint density at radius 2 is 1.82 bits per heavy atom. The van der Waals surface area contributed by atoms with E-state index in [4.69, 9.17) is 11.5 Å². The Morgan fingerprint density at radius 3 is 2.35 bits per heavy atom. The minimum absolute atomic E-state index is 0. The van der Waals surface area contributed by atoms with Crippen LogP contribution in [0.1, 0.15) is 0 Å². The van der Waals surface area contributed by atoms with Gasteiger partial charge in [-0.25, -0.2) is 4.98 Å². The Hall–Kier alpha value is -1.20. The van der Waals surface area contributed by atoms with Crippen LogP contribution in [-0.4, -0.2) is 49.7 Å². The van der Waals surface area contributed by atoms with Gasteiger partial charge in [0.15, 0.2) is 5.82 Å². The molecule has 6 heteroatoms. The van der Waals surface area contributed by atoms with E-state index in [2.05, 4.69) is 24.0 Å². The fourth-order valence-electron chi connectivity index (χ4n) is 1.97. The molecule has 0 amide bonds. The summed E-state index contributed by atoms with van der Waals surface area (Å²) in [6.45, 7) is 4.22. The van der Waals surface area contributed by atoms with Gasteiger partial charge >= 0.3 is 0 Å². The molecule has 1 fully saturated rings. The van der Waals surface area contributed by atoms with Crippen LogP contribution in [0.3, 0.4) is 0 Å². The van der Waals surface area contributed by atoms with Crippen molar-refractivity contribution in [1.29, 1.82) is 0 Å². The van der Waals surface area contributed by atoms with E-state index in [-0.39, 0.29) is 12.4 Å². The number of piperazine rings is 1. The van der Waals surface area contributed by atoms with Crippen LogP contribution < -0.4 is 28.8 Å². The van der Waals surface area contributed by atoms with Gasteiger partial charge in [-0.15, -0.1) is 0 Å². The summed E-state index contributed by atoms with van der Waals surface area (Å²) in [5.74, 6) is 0.869. The molecule has 2 heterocycles. The number of quaternary nitrogens is 1. The molecule has 2 rings (SSSR count). The van der Waals surface area contributed by atoms with Crippen molar-refractivity contribution in [2.75, 3.05) is 56.6 Å². The number of nitrogens with zero attached hydrogens (tertiary/aromatic N) is 3. The van der Waals surface area contributed by atoms with Gasteiger partial charge in [0, 0.05) is 0 Å². The number of nitrogen functional groups attached to an aromatic ring is 2. The molecular formula is C11H20ClN5. The first-order valence-corrected chi connectivity index (χ1v) is 5.56. The van der Waals surface area contributed by atoms with E-state index in [1.54, 1.807) is 12.3 Å². The number of aromatic nitrogens is 1. The van der Waals surface area contributed by atoms with Gasteiger partial charge in [-0.2, -0.15) is 0 Å². The van der Waals surface area contributed by atoms with Crippen molar-refractivity contribution in [1.82, 2.24) is 4.98 Å². The quantitative estimate of drug-likeness (QED) is 0.532. The summed E-state index contributed by atoms with van der Waals surface area (Å²) in [7, 11) is 4.49. The van der Waals surface area contributed by atoms with Crippen LogP contribution in [0.4, 0.5) is 17.2 Å². The summed E-state index contributed by atoms with van der Waals surface area (Å²) in [5, 5.41) is 0. The number of anilines is 3. The van der Waals surface area contributed by atoms with Gasteiger partial charge in [0.1, 0.15) is 0 Å². The van der Waals surface area contributed by atoms with Crippen molar-refractivity contribution in [3.05, 3.63) is 12.3 Å². The number of pyridine rings is 1. The van der Waals surface area contributed by atoms with Gasteiger partial charge in [0.05, 0.1) is 57.8 Å². The highest BCUT2D eigenvalue weighted by Gasteiger charge is 2.25. The van der Waals surface area contributed by atoms with Gasteiger partial charge in [0.2, 0.25) is 0 Å². The largest absolute Gasteiger partial charge is 1.00 e. The Labute approximate surface area is 108 Å². The Kier molecular flexibility index (Phi) is 4.06. The summed E-state index contributed by atoms with van der Waals surface area (Å²) in [6.07, 6.45) is 1.67. The van der Waals surface area contributed by atoms with Crippen molar-refractivity contribution in [2.45, 2.75) is 0 Å². The Balaban J connectivity index is 0.00000144. The average molecular weight is 258 g/mol. The summed E-state index contributed by atoms with van der Waals surface area (Å²) in [5.41, 5.74) is 12.9. The number of halogens is 1. The minimum Gasteiger partial charge on any atom is -1.00 e. The molecule has 0 aliphatic carbocycles. The van der Waals surface area contributed by atoms with Gasteiger partial charge < -0.3 is 33.3 Å². The molecule has 4 N–H and O–H groups in total.